The monoisotopic (exact) mass is 368 g/mol. The van der Waals surface area contributed by atoms with Crippen LogP contribution >= 0.6 is 27.5 Å². The summed E-state index contributed by atoms with van der Waals surface area (Å²) in [7, 11) is 0. The minimum atomic E-state index is -0.656. The third-order valence-electron chi connectivity index (χ3n) is 3.38. The highest BCUT2D eigenvalue weighted by Crippen LogP contribution is 2.40. The van der Waals surface area contributed by atoms with Crippen LogP contribution in [-0.2, 0) is 6.42 Å². The zero-order valence-corrected chi connectivity index (χ0v) is 13.5. The fourth-order valence-electron chi connectivity index (χ4n) is 2.31. The summed E-state index contributed by atoms with van der Waals surface area (Å²) in [5.41, 5.74) is 1.68. The molecule has 1 heterocycles. The van der Waals surface area contributed by atoms with Crippen molar-refractivity contribution in [2.75, 3.05) is 13.2 Å². The van der Waals surface area contributed by atoms with Crippen molar-refractivity contribution in [2.45, 2.75) is 12.5 Å². The van der Waals surface area contributed by atoms with Gasteiger partial charge >= 0.3 is 0 Å². The maximum atomic E-state index is 10.4. The minimum absolute atomic E-state index is 0.450. The fraction of sp³-hybridized carbons (Fsp3) is 0.250. The van der Waals surface area contributed by atoms with E-state index in [1.807, 2.05) is 36.4 Å². The quantitative estimate of drug-likeness (QED) is 0.883. The van der Waals surface area contributed by atoms with Crippen LogP contribution in [-0.4, -0.2) is 18.3 Å². The van der Waals surface area contributed by atoms with E-state index in [4.69, 9.17) is 21.1 Å². The lowest BCUT2D eigenvalue weighted by Gasteiger charge is -2.22. The van der Waals surface area contributed by atoms with Gasteiger partial charge in [0.05, 0.1) is 10.6 Å². The normalized spacial score (nSPS) is 14.8. The van der Waals surface area contributed by atoms with Gasteiger partial charge in [-0.1, -0.05) is 29.8 Å². The Labute approximate surface area is 136 Å². The second kappa shape index (κ2) is 6.26. The molecule has 1 aliphatic heterocycles. The zero-order chi connectivity index (χ0) is 14.8. The van der Waals surface area contributed by atoms with Crippen molar-refractivity contribution < 1.29 is 14.6 Å². The van der Waals surface area contributed by atoms with Gasteiger partial charge in [-0.3, -0.25) is 0 Å². The molecule has 2 aromatic rings. The molecule has 0 aromatic heterocycles. The minimum Gasteiger partial charge on any atom is -0.486 e. The van der Waals surface area contributed by atoms with Crippen molar-refractivity contribution in [3.05, 3.63) is 57.0 Å². The largest absolute Gasteiger partial charge is 0.486 e. The van der Waals surface area contributed by atoms with Crippen LogP contribution in [0.5, 0.6) is 11.5 Å². The molecule has 0 amide bonds. The van der Waals surface area contributed by atoms with Crippen LogP contribution in [0.2, 0.25) is 5.02 Å². The summed E-state index contributed by atoms with van der Waals surface area (Å²) >= 11 is 9.60. The Balaban J connectivity index is 1.86. The molecule has 0 radical (unpaired) electrons. The Morgan fingerprint density at radius 2 is 1.95 bits per heavy atom. The zero-order valence-electron chi connectivity index (χ0n) is 11.2. The molecular weight excluding hydrogens is 356 g/mol. The van der Waals surface area contributed by atoms with Crippen molar-refractivity contribution in [1.29, 1.82) is 0 Å². The molecule has 0 bridgehead atoms. The van der Waals surface area contributed by atoms with Gasteiger partial charge in [0.2, 0.25) is 0 Å². The third kappa shape index (κ3) is 3.18. The Bertz CT molecular complexity index is 660. The van der Waals surface area contributed by atoms with E-state index < -0.39 is 6.10 Å². The standard InChI is InChI=1S/C16H14BrClO3/c17-12-7-11(9-15-16(12)21-6-5-20-15)14(19)8-10-3-1-2-4-13(10)18/h1-4,7,9,14,19H,5-6,8H2. The molecule has 0 fully saturated rings. The van der Waals surface area contributed by atoms with Crippen molar-refractivity contribution in [2.24, 2.45) is 0 Å². The highest BCUT2D eigenvalue weighted by Gasteiger charge is 2.19. The van der Waals surface area contributed by atoms with Gasteiger partial charge in [-0.15, -0.1) is 0 Å². The molecule has 2 aromatic carbocycles. The van der Waals surface area contributed by atoms with Crippen molar-refractivity contribution in [3.63, 3.8) is 0 Å². The SMILES string of the molecule is OC(Cc1ccccc1Cl)c1cc(Br)c2c(c1)OCCO2. The van der Waals surface area contributed by atoms with Gasteiger partial charge < -0.3 is 14.6 Å². The highest BCUT2D eigenvalue weighted by atomic mass is 79.9. The molecule has 3 rings (SSSR count). The molecule has 0 aliphatic carbocycles. The van der Waals surface area contributed by atoms with E-state index in [0.717, 1.165) is 15.6 Å². The van der Waals surface area contributed by atoms with Crippen LogP contribution in [0.4, 0.5) is 0 Å². The first-order chi connectivity index (χ1) is 10.1. The van der Waals surface area contributed by atoms with Gasteiger partial charge in [-0.2, -0.15) is 0 Å². The first-order valence-corrected chi connectivity index (χ1v) is 7.83. The molecule has 1 atom stereocenters. The molecule has 1 unspecified atom stereocenters. The number of benzene rings is 2. The van der Waals surface area contributed by atoms with E-state index in [1.165, 1.54) is 0 Å². The van der Waals surface area contributed by atoms with Crippen LogP contribution in [0.25, 0.3) is 0 Å². The first kappa shape index (κ1) is 14.7. The summed E-state index contributed by atoms with van der Waals surface area (Å²) < 4.78 is 11.9. The van der Waals surface area contributed by atoms with Gasteiger partial charge in [0.1, 0.15) is 13.2 Å². The molecule has 1 N–H and O–H groups in total. The average Bonchev–Trinajstić information content (AvgIpc) is 2.49. The Kier molecular flexibility index (Phi) is 4.38. The van der Waals surface area contributed by atoms with Crippen LogP contribution in [0.3, 0.4) is 0 Å². The van der Waals surface area contributed by atoms with E-state index in [2.05, 4.69) is 15.9 Å². The maximum absolute atomic E-state index is 10.4. The molecule has 0 saturated heterocycles. The molecule has 110 valence electrons. The fourth-order valence-corrected chi connectivity index (χ4v) is 3.10. The van der Waals surface area contributed by atoms with Crippen molar-refractivity contribution in [1.82, 2.24) is 0 Å². The Hall–Kier alpha value is -1.23. The lowest BCUT2D eigenvalue weighted by molar-refractivity contribution is 0.163. The van der Waals surface area contributed by atoms with Crippen molar-refractivity contribution in [3.8, 4) is 11.5 Å². The number of ether oxygens (including phenoxy) is 2. The van der Waals surface area contributed by atoms with Gasteiger partial charge in [0.15, 0.2) is 11.5 Å². The molecule has 0 saturated carbocycles. The lowest BCUT2D eigenvalue weighted by atomic mass is 10.0. The van der Waals surface area contributed by atoms with E-state index in [1.54, 1.807) is 0 Å². The maximum Gasteiger partial charge on any atom is 0.175 e. The van der Waals surface area contributed by atoms with Crippen LogP contribution in [0.15, 0.2) is 40.9 Å². The van der Waals surface area contributed by atoms with Crippen molar-refractivity contribution >= 4 is 27.5 Å². The number of aliphatic hydroxyl groups excluding tert-OH is 1. The van der Waals surface area contributed by atoms with Gasteiger partial charge in [-0.05, 0) is 45.3 Å². The van der Waals surface area contributed by atoms with E-state index >= 15 is 0 Å². The van der Waals surface area contributed by atoms with Crippen LogP contribution in [0.1, 0.15) is 17.2 Å². The Morgan fingerprint density at radius 1 is 1.19 bits per heavy atom. The summed E-state index contributed by atoms with van der Waals surface area (Å²) in [6.45, 7) is 1.05. The smallest absolute Gasteiger partial charge is 0.175 e. The van der Waals surface area contributed by atoms with Gasteiger partial charge in [-0.25, -0.2) is 0 Å². The number of halogens is 2. The first-order valence-electron chi connectivity index (χ1n) is 6.65. The lowest BCUT2D eigenvalue weighted by Crippen LogP contribution is -2.16. The van der Waals surface area contributed by atoms with E-state index in [-0.39, 0.29) is 0 Å². The van der Waals surface area contributed by atoms with E-state index in [0.29, 0.717) is 36.2 Å². The van der Waals surface area contributed by atoms with Crippen LogP contribution < -0.4 is 9.47 Å². The average molecular weight is 370 g/mol. The number of rotatable bonds is 3. The van der Waals surface area contributed by atoms with Crippen LogP contribution in [0, 0.1) is 0 Å². The summed E-state index contributed by atoms with van der Waals surface area (Å²) in [5.74, 6) is 1.35. The molecule has 3 nitrogen and oxygen atoms in total. The number of hydrogen-bond donors (Lipinski definition) is 1. The third-order valence-corrected chi connectivity index (χ3v) is 4.33. The predicted molar refractivity (Wildman–Crippen MR) is 85.2 cm³/mol. The second-order valence-electron chi connectivity index (χ2n) is 4.84. The molecular formula is C16H14BrClO3. The van der Waals surface area contributed by atoms with E-state index in [9.17, 15) is 5.11 Å². The highest BCUT2D eigenvalue weighted by molar-refractivity contribution is 9.10. The summed E-state index contributed by atoms with van der Waals surface area (Å²) in [4.78, 5) is 0. The number of hydrogen-bond acceptors (Lipinski definition) is 3. The summed E-state index contributed by atoms with van der Waals surface area (Å²) in [6, 6.07) is 11.2. The Morgan fingerprint density at radius 3 is 2.76 bits per heavy atom. The summed E-state index contributed by atoms with van der Waals surface area (Å²) in [5, 5.41) is 11.1. The topological polar surface area (TPSA) is 38.7 Å². The second-order valence-corrected chi connectivity index (χ2v) is 6.10. The molecule has 0 spiro atoms. The number of fused-ring (bicyclic) bond motifs is 1. The van der Waals surface area contributed by atoms with Gasteiger partial charge in [0, 0.05) is 11.4 Å². The van der Waals surface area contributed by atoms with Gasteiger partial charge in [0.25, 0.3) is 0 Å². The predicted octanol–water partition coefficient (Wildman–Crippen LogP) is 4.15. The number of aliphatic hydroxyl groups is 1. The molecule has 5 heteroatoms. The summed E-state index contributed by atoms with van der Waals surface area (Å²) in [6.07, 6.45) is -0.205. The molecule has 21 heavy (non-hydrogen) atoms. The molecule has 1 aliphatic rings.